The van der Waals surface area contributed by atoms with Crippen LogP contribution in [-0.4, -0.2) is 17.3 Å². The summed E-state index contributed by atoms with van der Waals surface area (Å²) in [5, 5.41) is 20.5. The van der Waals surface area contributed by atoms with Gasteiger partial charge in [0.15, 0.2) is 0 Å². The summed E-state index contributed by atoms with van der Waals surface area (Å²) in [6, 6.07) is 10.3. The Hall–Kier alpha value is -3.14. The molecule has 152 valence electrons. The van der Waals surface area contributed by atoms with E-state index in [1.165, 1.54) is 17.2 Å². The maximum atomic E-state index is 9.80. The van der Waals surface area contributed by atoms with Gasteiger partial charge < -0.3 is 19.4 Å². The van der Waals surface area contributed by atoms with E-state index in [9.17, 15) is 10.2 Å². The minimum atomic E-state index is -0.0115. The van der Waals surface area contributed by atoms with Crippen molar-refractivity contribution >= 4 is 11.0 Å². The van der Waals surface area contributed by atoms with Gasteiger partial charge in [-0.1, -0.05) is 29.4 Å². The second-order valence-corrected chi connectivity index (χ2v) is 7.59. The molecule has 0 bridgehead atoms. The lowest BCUT2D eigenvalue weighted by Gasteiger charge is -2.05. The summed E-state index contributed by atoms with van der Waals surface area (Å²) >= 11 is 0. The molecule has 0 saturated carbocycles. The number of ether oxygens (including phenoxy) is 1. The smallest absolute Gasteiger partial charge is 0.142 e. The molecule has 29 heavy (non-hydrogen) atoms. The number of benzene rings is 2. The zero-order valence-corrected chi connectivity index (χ0v) is 17.5. The monoisotopic (exact) mass is 392 g/mol. The number of fused-ring (bicyclic) bond motifs is 1. The lowest BCUT2D eigenvalue weighted by atomic mass is 10.0. The fourth-order valence-corrected chi connectivity index (χ4v) is 3.35. The Balaban J connectivity index is 1.94. The number of methoxy groups -OCH3 is 1. The summed E-state index contributed by atoms with van der Waals surface area (Å²) in [5.41, 5.74) is 5.13. The summed E-state index contributed by atoms with van der Waals surface area (Å²) in [6.07, 6.45) is 7.35. The molecule has 2 aromatic carbocycles. The molecule has 0 amide bonds. The van der Waals surface area contributed by atoms with Gasteiger partial charge in [-0.05, 0) is 69.9 Å². The minimum Gasteiger partial charge on any atom is -0.508 e. The molecule has 1 heterocycles. The maximum Gasteiger partial charge on any atom is 0.142 e. The first-order valence-corrected chi connectivity index (χ1v) is 9.79. The van der Waals surface area contributed by atoms with E-state index in [0.717, 1.165) is 41.5 Å². The highest BCUT2D eigenvalue weighted by Gasteiger charge is 2.15. The summed E-state index contributed by atoms with van der Waals surface area (Å²) < 4.78 is 11.6. The molecule has 0 aliphatic rings. The van der Waals surface area contributed by atoms with Crippen molar-refractivity contribution < 1.29 is 19.4 Å². The molecule has 0 spiro atoms. The van der Waals surface area contributed by atoms with Crippen LogP contribution in [0.15, 0.2) is 64.1 Å². The van der Waals surface area contributed by atoms with Crippen LogP contribution in [0.3, 0.4) is 0 Å². The quantitative estimate of drug-likeness (QED) is 0.436. The highest BCUT2D eigenvalue weighted by atomic mass is 16.5. The van der Waals surface area contributed by atoms with Gasteiger partial charge in [0, 0.05) is 11.6 Å². The van der Waals surface area contributed by atoms with Crippen molar-refractivity contribution in [1.82, 2.24) is 0 Å². The molecule has 2 N–H and O–H groups in total. The Labute approximate surface area is 171 Å². The molecule has 3 aromatic rings. The lowest BCUT2D eigenvalue weighted by Crippen LogP contribution is -1.88. The number of hydrogen-bond acceptors (Lipinski definition) is 4. The van der Waals surface area contributed by atoms with Gasteiger partial charge in [-0.15, -0.1) is 0 Å². The predicted molar refractivity (Wildman–Crippen MR) is 118 cm³/mol. The second-order valence-electron chi connectivity index (χ2n) is 7.59. The molecule has 3 rings (SSSR count). The van der Waals surface area contributed by atoms with Gasteiger partial charge in [0.05, 0.1) is 12.5 Å². The van der Waals surface area contributed by atoms with E-state index in [1.54, 1.807) is 19.2 Å². The predicted octanol–water partition coefficient (Wildman–Crippen LogP) is 6.75. The van der Waals surface area contributed by atoms with Crippen molar-refractivity contribution in [2.45, 2.75) is 40.0 Å². The molecule has 0 atom stereocenters. The number of allylic oxidation sites excluding steroid dienone is 4. The Morgan fingerprint density at radius 2 is 1.72 bits per heavy atom. The first-order valence-electron chi connectivity index (χ1n) is 9.79. The maximum absolute atomic E-state index is 9.80. The van der Waals surface area contributed by atoms with Crippen LogP contribution in [0, 0.1) is 0 Å². The number of rotatable bonds is 7. The molecular formula is C25H28O4. The number of phenols is 2. The minimum absolute atomic E-state index is 0.0115. The topological polar surface area (TPSA) is 62.8 Å². The third kappa shape index (κ3) is 5.02. The van der Waals surface area contributed by atoms with Crippen molar-refractivity contribution in [1.29, 1.82) is 0 Å². The van der Waals surface area contributed by atoms with E-state index in [-0.39, 0.29) is 11.5 Å². The van der Waals surface area contributed by atoms with Crippen LogP contribution in [0.25, 0.3) is 22.3 Å². The molecule has 1 aromatic heterocycles. The van der Waals surface area contributed by atoms with Crippen LogP contribution in [0.4, 0.5) is 0 Å². The Kier molecular flexibility index (Phi) is 6.32. The van der Waals surface area contributed by atoms with Gasteiger partial charge >= 0.3 is 0 Å². The molecule has 0 aliphatic carbocycles. The molecule has 0 saturated heterocycles. The van der Waals surface area contributed by atoms with Gasteiger partial charge in [-0.2, -0.15) is 0 Å². The largest absolute Gasteiger partial charge is 0.508 e. The molecule has 0 fully saturated rings. The number of furan rings is 1. The summed E-state index contributed by atoms with van der Waals surface area (Å²) in [7, 11) is 1.63. The Bertz CT molecular complexity index is 1050. The highest BCUT2D eigenvalue weighted by Crippen LogP contribution is 2.37. The summed E-state index contributed by atoms with van der Waals surface area (Å²) in [5.74, 6) is 1.28. The van der Waals surface area contributed by atoms with Crippen molar-refractivity contribution in [2.75, 3.05) is 7.11 Å². The molecule has 0 unspecified atom stereocenters. The molecule has 4 nitrogen and oxygen atoms in total. The fraction of sp³-hybridized carbons (Fsp3) is 0.280. The van der Waals surface area contributed by atoms with E-state index in [2.05, 4.69) is 32.9 Å². The van der Waals surface area contributed by atoms with E-state index >= 15 is 0 Å². The lowest BCUT2D eigenvalue weighted by molar-refractivity contribution is 0.419. The van der Waals surface area contributed by atoms with Crippen LogP contribution in [0.2, 0.25) is 0 Å². The Morgan fingerprint density at radius 1 is 1.00 bits per heavy atom. The molecule has 0 aliphatic heterocycles. The standard InChI is InChI=1S/C25H28O4/c1-16(2)6-5-7-17(3)8-9-18-10-11-23(28-4)22-15-24(29-25(18)22)19-12-20(26)14-21(27)13-19/h6,8,10-15,26-27H,5,7,9H2,1-4H3/b17-8+. The van der Waals surface area contributed by atoms with Gasteiger partial charge in [-0.3, -0.25) is 0 Å². The summed E-state index contributed by atoms with van der Waals surface area (Å²) in [6.45, 7) is 6.39. The zero-order valence-electron chi connectivity index (χ0n) is 17.5. The van der Waals surface area contributed by atoms with E-state index in [4.69, 9.17) is 9.15 Å². The van der Waals surface area contributed by atoms with E-state index in [0.29, 0.717) is 11.3 Å². The van der Waals surface area contributed by atoms with Gasteiger partial charge in [0.1, 0.15) is 28.6 Å². The Morgan fingerprint density at radius 3 is 2.38 bits per heavy atom. The molecule has 4 heteroatoms. The molecule has 0 radical (unpaired) electrons. The highest BCUT2D eigenvalue weighted by molar-refractivity contribution is 5.91. The summed E-state index contributed by atoms with van der Waals surface area (Å²) in [4.78, 5) is 0. The van der Waals surface area contributed by atoms with Crippen LogP contribution < -0.4 is 4.74 Å². The number of phenolic OH excluding ortho intramolecular Hbond substituents is 2. The zero-order chi connectivity index (χ0) is 21.0. The van der Waals surface area contributed by atoms with Gasteiger partial charge in [0.2, 0.25) is 0 Å². The fourth-order valence-electron chi connectivity index (χ4n) is 3.35. The number of aromatic hydroxyl groups is 2. The van der Waals surface area contributed by atoms with Crippen molar-refractivity contribution in [3.05, 3.63) is 65.3 Å². The second kappa shape index (κ2) is 8.91. The van der Waals surface area contributed by atoms with E-state index in [1.807, 2.05) is 18.2 Å². The molecular weight excluding hydrogens is 364 g/mol. The van der Waals surface area contributed by atoms with Gasteiger partial charge in [0.25, 0.3) is 0 Å². The first kappa shape index (κ1) is 20.6. The average molecular weight is 392 g/mol. The van der Waals surface area contributed by atoms with Crippen molar-refractivity contribution in [3.8, 4) is 28.6 Å². The average Bonchev–Trinajstić information content (AvgIpc) is 3.10. The van der Waals surface area contributed by atoms with Crippen molar-refractivity contribution in [2.24, 2.45) is 0 Å². The van der Waals surface area contributed by atoms with Crippen LogP contribution in [-0.2, 0) is 6.42 Å². The number of hydrogen-bond donors (Lipinski definition) is 2. The normalized spacial score (nSPS) is 11.7. The van der Waals surface area contributed by atoms with Crippen LogP contribution >= 0.6 is 0 Å². The SMILES string of the molecule is COc1ccc(C/C=C(\C)CCC=C(C)C)c2oc(-c3cc(O)cc(O)c3)cc12. The third-order valence-corrected chi connectivity index (χ3v) is 4.89. The van der Waals surface area contributed by atoms with Crippen LogP contribution in [0.5, 0.6) is 17.2 Å². The third-order valence-electron chi connectivity index (χ3n) is 4.89. The van der Waals surface area contributed by atoms with E-state index < -0.39 is 0 Å². The first-order chi connectivity index (χ1) is 13.9. The van der Waals surface area contributed by atoms with Crippen LogP contribution in [0.1, 0.15) is 39.2 Å². The van der Waals surface area contributed by atoms with Gasteiger partial charge in [-0.25, -0.2) is 0 Å². The van der Waals surface area contributed by atoms with Crippen molar-refractivity contribution in [3.63, 3.8) is 0 Å².